The lowest BCUT2D eigenvalue weighted by Gasteiger charge is -2.04. The highest BCUT2D eigenvalue weighted by molar-refractivity contribution is 5.59. The zero-order valence-electron chi connectivity index (χ0n) is 15.6. The van der Waals surface area contributed by atoms with Crippen molar-refractivity contribution in [2.75, 3.05) is 39.6 Å². The van der Waals surface area contributed by atoms with Gasteiger partial charge in [0.15, 0.2) is 0 Å². The topological polar surface area (TPSA) is 116 Å². The molecule has 24 heavy (non-hydrogen) atoms. The van der Waals surface area contributed by atoms with Crippen molar-refractivity contribution in [2.45, 2.75) is 59.3 Å². The summed E-state index contributed by atoms with van der Waals surface area (Å²) >= 11 is 0. The molecule has 0 aromatic carbocycles. The molecule has 0 aromatic heterocycles. The van der Waals surface area contributed by atoms with Crippen LogP contribution in [0.4, 0.5) is 4.79 Å². The van der Waals surface area contributed by atoms with Gasteiger partial charge in [-0.15, -0.1) is 0 Å². The third kappa shape index (κ3) is 32.9. The van der Waals surface area contributed by atoms with Gasteiger partial charge in [-0.05, 0) is 45.4 Å². The molecule has 7 nitrogen and oxygen atoms in total. The van der Waals surface area contributed by atoms with Crippen LogP contribution in [-0.2, 0) is 9.47 Å². The lowest BCUT2D eigenvalue weighted by atomic mass is 10.1. The highest BCUT2D eigenvalue weighted by Gasteiger charge is 1.97. The fourth-order valence-corrected chi connectivity index (χ4v) is 1.44. The summed E-state index contributed by atoms with van der Waals surface area (Å²) in [5, 5.41) is 33.4. The largest absolute Gasteiger partial charge is 0.508 e. The average molecular weight is 354 g/mol. The van der Waals surface area contributed by atoms with Crippen LogP contribution < -0.4 is 0 Å². The molecule has 0 atom stereocenters. The van der Waals surface area contributed by atoms with Crippen LogP contribution in [0.3, 0.4) is 0 Å². The van der Waals surface area contributed by atoms with Gasteiger partial charge in [-0.2, -0.15) is 0 Å². The number of hydrogen-bond acceptors (Lipinski definition) is 7. The first-order valence-electron chi connectivity index (χ1n) is 8.76. The fraction of sp³-hybridized carbons (Fsp3) is 0.941. The molecule has 4 N–H and O–H groups in total. The molecule has 0 saturated carbocycles. The van der Waals surface area contributed by atoms with Crippen LogP contribution in [-0.4, -0.2) is 66.2 Å². The Morgan fingerprint density at radius 2 is 1.12 bits per heavy atom. The van der Waals surface area contributed by atoms with Gasteiger partial charge in [0.25, 0.3) is 0 Å². The number of aliphatic hydroxyl groups is 4. The highest BCUT2D eigenvalue weighted by Crippen LogP contribution is 2.04. The third-order valence-corrected chi connectivity index (χ3v) is 2.83. The van der Waals surface area contributed by atoms with Gasteiger partial charge in [0.2, 0.25) is 0 Å². The van der Waals surface area contributed by atoms with E-state index in [1.54, 1.807) is 13.8 Å². The van der Waals surface area contributed by atoms with Crippen molar-refractivity contribution in [3.05, 3.63) is 0 Å². The summed E-state index contributed by atoms with van der Waals surface area (Å²) in [6.45, 7) is 7.27. The first kappa shape index (κ1) is 27.9. The molecule has 0 unspecified atom stereocenters. The second kappa shape index (κ2) is 27.0. The van der Waals surface area contributed by atoms with Gasteiger partial charge in [-0.25, -0.2) is 4.79 Å². The number of hydrogen-bond donors (Lipinski definition) is 4. The summed E-state index contributed by atoms with van der Waals surface area (Å²) in [5.41, 5.74) is 0. The molecule has 0 radical (unpaired) electrons. The number of rotatable bonds is 11. The van der Waals surface area contributed by atoms with Crippen LogP contribution in [0.5, 0.6) is 0 Å². The van der Waals surface area contributed by atoms with Crippen LogP contribution in [0, 0.1) is 5.92 Å². The zero-order chi connectivity index (χ0) is 19.1. The molecule has 0 spiro atoms. The maximum atomic E-state index is 10.2. The molecule has 0 saturated heterocycles. The Kier molecular flexibility index (Phi) is 31.4. The van der Waals surface area contributed by atoms with E-state index in [0.717, 1.165) is 38.5 Å². The van der Waals surface area contributed by atoms with Gasteiger partial charge in [0, 0.05) is 26.4 Å². The lowest BCUT2D eigenvalue weighted by Crippen LogP contribution is -2.05. The zero-order valence-corrected chi connectivity index (χ0v) is 15.6. The van der Waals surface area contributed by atoms with Crippen LogP contribution >= 0.6 is 0 Å². The first-order chi connectivity index (χ1) is 11.5. The van der Waals surface area contributed by atoms with Crippen molar-refractivity contribution in [1.29, 1.82) is 0 Å². The predicted molar refractivity (Wildman–Crippen MR) is 93.9 cm³/mol. The maximum Gasteiger partial charge on any atom is 0.508 e. The summed E-state index contributed by atoms with van der Waals surface area (Å²) in [6, 6.07) is 0. The quantitative estimate of drug-likeness (QED) is 0.331. The van der Waals surface area contributed by atoms with E-state index in [4.69, 9.17) is 20.4 Å². The number of aliphatic hydroxyl groups excluding tert-OH is 4. The number of ether oxygens (including phenoxy) is 2. The van der Waals surface area contributed by atoms with Crippen molar-refractivity contribution >= 4 is 6.16 Å². The Labute approximate surface area is 146 Å². The van der Waals surface area contributed by atoms with Crippen molar-refractivity contribution < 1.29 is 34.7 Å². The minimum absolute atomic E-state index is 0.237. The molecule has 7 heteroatoms. The summed E-state index contributed by atoms with van der Waals surface area (Å²) in [7, 11) is 0. The van der Waals surface area contributed by atoms with E-state index in [9.17, 15) is 4.79 Å². The average Bonchev–Trinajstić information content (AvgIpc) is 2.54. The van der Waals surface area contributed by atoms with Crippen molar-refractivity contribution in [3.8, 4) is 0 Å². The molecule has 0 rings (SSSR count). The summed E-state index contributed by atoms with van der Waals surface area (Å²) < 4.78 is 8.84. The first-order valence-corrected chi connectivity index (χ1v) is 8.76. The Hall–Kier alpha value is -0.890. The van der Waals surface area contributed by atoms with E-state index in [2.05, 4.69) is 9.47 Å². The molecule has 0 fully saturated rings. The van der Waals surface area contributed by atoms with E-state index in [1.807, 2.05) is 6.92 Å². The standard InChI is InChI=1S/2C6H14O2.C5H10O3/c1-6(2-4-7)3-5-8;7-5-3-1-2-4-6-8;1-3-7-5(6)8-4-2/h6-8H,2-5H2,1H3;7-8H,1-6H2;3-4H2,1-2H3. The second-order valence-corrected chi connectivity index (χ2v) is 5.11. The van der Waals surface area contributed by atoms with Gasteiger partial charge in [0.1, 0.15) is 0 Å². The van der Waals surface area contributed by atoms with Gasteiger partial charge >= 0.3 is 6.16 Å². The van der Waals surface area contributed by atoms with Gasteiger partial charge < -0.3 is 29.9 Å². The normalized spacial score (nSPS) is 9.50. The van der Waals surface area contributed by atoms with Crippen LogP contribution in [0.2, 0.25) is 0 Å². The molecule has 0 heterocycles. The van der Waals surface area contributed by atoms with Crippen molar-refractivity contribution in [1.82, 2.24) is 0 Å². The second-order valence-electron chi connectivity index (χ2n) is 5.11. The van der Waals surface area contributed by atoms with Crippen molar-refractivity contribution in [2.24, 2.45) is 5.92 Å². The maximum absolute atomic E-state index is 10.2. The van der Waals surface area contributed by atoms with E-state index in [-0.39, 0.29) is 26.4 Å². The van der Waals surface area contributed by atoms with E-state index >= 15 is 0 Å². The Balaban J connectivity index is -0.000000276. The lowest BCUT2D eigenvalue weighted by molar-refractivity contribution is 0.0630. The molecular formula is C17H38O7. The van der Waals surface area contributed by atoms with Crippen LogP contribution in [0.25, 0.3) is 0 Å². The SMILES string of the molecule is CC(CCO)CCO.CCOC(=O)OCC.OCCCCCCO. The minimum atomic E-state index is -0.588. The molecule has 0 bridgehead atoms. The highest BCUT2D eigenvalue weighted by atomic mass is 16.7. The smallest absolute Gasteiger partial charge is 0.435 e. The summed E-state index contributed by atoms with van der Waals surface area (Å²) in [6.07, 6.45) is 4.85. The van der Waals surface area contributed by atoms with Gasteiger partial charge in [-0.1, -0.05) is 19.8 Å². The van der Waals surface area contributed by atoms with Gasteiger partial charge in [0.05, 0.1) is 13.2 Å². The number of unbranched alkanes of at least 4 members (excludes halogenated alkanes) is 3. The van der Waals surface area contributed by atoms with Crippen molar-refractivity contribution in [3.63, 3.8) is 0 Å². The number of carbonyl (C=O) groups is 1. The molecule has 0 aliphatic carbocycles. The van der Waals surface area contributed by atoms with Gasteiger partial charge in [-0.3, -0.25) is 0 Å². The summed E-state index contributed by atoms with van der Waals surface area (Å²) in [5.74, 6) is 0.463. The molecule has 0 aliphatic rings. The number of carbonyl (C=O) groups excluding carboxylic acids is 1. The Morgan fingerprint density at radius 3 is 1.38 bits per heavy atom. The molecule has 0 aliphatic heterocycles. The van der Waals surface area contributed by atoms with E-state index in [1.165, 1.54) is 0 Å². The third-order valence-electron chi connectivity index (χ3n) is 2.83. The Morgan fingerprint density at radius 1 is 0.750 bits per heavy atom. The van der Waals surface area contributed by atoms with Crippen LogP contribution in [0.15, 0.2) is 0 Å². The Bertz CT molecular complexity index is 205. The molecule has 0 aromatic rings. The van der Waals surface area contributed by atoms with E-state index < -0.39 is 6.16 Å². The van der Waals surface area contributed by atoms with E-state index in [0.29, 0.717) is 19.1 Å². The fourth-order valence-electron chi connectivity index (χ4n) is 1.44. The summed E-state index contributed by atoms with van der Waals surface area (Å²) in [4.78, 5) is 10.2. The predicted octanol–water partition coefficient (Wildman–Crippen LogP) is 2.10. The monoisotopic (exact) mass is 354 g/mol. The molecular weight excluding hydrogens is 316 g/mol. The van der Waals surface area contributed by atoms with Crippen LogP contribution in [0.1, 0.15) is 59.3 Å². The minimum Gasteiger partial charge on any atom is -0.435 e. The molecule has 0 amide bonds. The molecule has 148 valence electrons.